The van der Waals surface area contributed by atoms with E-state index in [0.717, 1.165) is 47.3 Å². The fraction of sp³-hybridized carbons (Fsp3) is 0.355. The van der Waals surface area contributed by atoms with E-state index in [1.807, 2.05) is 81.7 Å². The summed E-state index contributed by atoms with van der Waals surface area (Å²) in [5.74, 6) is 1.23. The summed E-state index contributed by atoms with van der Waals surface area (Å²) in [6.45, 7) is 5.69. The van der Waals surface area contributed by atoms with Gasteiger partial charge in [-0.3, -0.25) is 0 Å². The van der Waals surface area contributed by atoms with Crippen LogP contribution < -0.4 is 20.1 Å². The molecule has 0 aliphatic heterocycles. The van der Waals surface area contributed by atoms with Crippen molar-refractivity contribution in [3.8, 4) is 11.5 Å². The molecule has 4 rings (SSSR count). The quantitative estimate of drug-likeness (QED) is 0.164. The van der Waals surface area contributed by atoms with Gasteiger partial charge in [-0.1, -0.05) is 50.2 Å². The lowest BCUT2D eigenvalue weighted by atomic mass is 10.1. The SMILES string of the molecule is CC(C)NCC(O)COc1cccc2[nH]ccc12.CNCC[C@@H](Oc1ccc(C(F)(F)F)cc1)c1ccccc1. The van der Waals surface area contributed by atoms with Gasteiger partial charge in [0.1, 0.15) is 30.3 Å². The minimum Gasteiger partial charge on any atom is -0.490 e. The van der Waals surface area contributed by atoms with Crippen LogP contribution in [0.2, 0.25) is 0 Å². The maximum Gasteiger partial charge on any atom is 0.416 e. The molecule has 0 aliphatic rings. The van der Waals surface area contributed by atoms with Gasteiger partial charge in [-0.15, -0.1) is 0 Å². The van der Waals surface area contributed by atoms with Crippen LogP contribution in [-0.4, -0.2) is 49.0 Å². The summed E-state index contributed by atoms with van der Waals surface area (Å²) in [6, 6.07) is 22.6. The van der Waals surface area contributed by atoms with Crippen molar-refractivity contribution in [2.45, 2.75) is 44.7 Å². The van der Waals surface area contributed by atoms with Gasteiger partial charge in [-0.25, -0.2) is 0 Å². The molecule has 0 saturated heterocycles. The Kier molecular flexibility index (Phi) is 11.9. The highest BCUT2D eigenvalue weighted by Gasteiger charge is 2.30. The van der Waals surface area contributed by atoms with Gasteiger partial charge in [-0.2, -0.15) is 13.2 Å². The number of alkyl halides is 3. The molecular formula is C31H38F3N3O3. The highest BCUT2D eigenvalue weighted by atomic mass is 19.4. The zero-order valence-electron chi connectivity index (χ0n) is 23.0. The van der Waals surface area contributed by atoms with Crippen molar-refractivity contribution in [3.63, 3.8) is 0 Å². The lowest BCUT2D eigenvalue weighted by Crippen LogP contribution is -2.35. The number of H-pyrrole nitrogens is 1. The van der Waals surface area contributed by atoms with Gasteiger partial charge in [0.05, 0.1) is 5.56 Å². The van der Waals surface area contributed by atoms with E-state index in [-0.39, 0.29) is 6.10 Å². The molecule has 2 atom stereocenters. The second-order valence-electron chi connectivity index (χ2n) is 9.65. The average Bonchev–Trinajstić information content (AvgIpc) is 3.43. The van der Waals surface area contributed by atoms with E-state index in [0.29, 0.717) is 24.9 Å². The van der Waals surface area contributed by atoms with Crippen LogP contribution in [-0.2, 0) is 6.18 Å². The Balaban J connectivity index is 0.000000225. The van der Waals surface area contributed by atoms with Crippen molar-refractivity contribution in [3.05, 3.63) is 96.2 Å². The summed E-state index contributed by atoms with van der Waals surface area (Å²) in [5, 5.41) is 17.1. The number of halogens is 3. The molecule has 1 heterocycles. The Bertz CT molecular complexity index is 1260. The number of aliphatic hydroxyl groups is 1. The smallest absolute Gasteiger partial charge is 0.416 e. The van der Waals surface area contributed by atoms with Crippen molar-refractivity contribution in [1.82, 2.24) is 15.6 Å². The molecule has 0 spiro atoms. The van der Waals surface area contributed by atoms with Gasteiger partial charge >= 0.3 is 6.18 Å². The molecule has 0 radical (unpaired) electrons. The van der Waals surface area contributed by atoms with Crippen LogP contribution in [0.3, 0.4) is 0 Å². The van der Waals surface area contributed by atoms with Crippen molar-refractivity contribution < 1.29 is 27.8 Å². The molecule has 0 fully saturated rings. The largest absolute Gasteiger partial charge is 0.490 e. The summed E-state index contributed by atoms with van der Waals surface area (Å²) in [5.41, 5.74) is 1.37. The van der Waals surface area contributed by atoms with Crippen LogP contribution in [0.25, 0.3) is 10.9 Å². The zero-order valence-corrected chi connectivity index (χ0v) is 23.0. The first-order valence-corrected chi connectivity index (χ1v) is 13.3. The Morgan fingerprint density at radius 1 is 0.925 bits per heavy atom. The van der Waals surface area contributed by atoms with Crippen LogP contribution in [0.1, 0.15) is 37.5 Å². The number of fused-ring (bicyclic) bond motifs is 1. The Hall–Kier alpha value is -3.53. The normalized spacial score (nSPS) is 13.0. The monoisotopic (exact) mass is 557 g/mol. The third-order valence-corrected chi connectivity index (χ3v) is 6.04. The van der Waals surface area contributed by atoms with Crippen LogP contribution in [0.15, 0.2) is 85.1 Å². The van der Waals surface area contributed by atoms with Gasteiger partial charge in [0.2, 0.25) is 0 Å². The van der Waals surface area contributed by atoms with Crippen molar-refractivity contribution in [2.24, 2.45) is 0 Å². The molecule has 6 nitrogen and oxygen atoms in total. The molecule has 40 heavy (non-hydrogen) atoms. The number of hydrogen-bond donors (Lipinski definition) is 4. The average molecular weight is 558 g/mol. The standard InChI is InChI=1S/C17H18F3NO.C14H20N2O2/c1-21-12-11-16(13-5-3-2-4-6-13)22-15-9-7-14(8-10-15)17(18,19)20;1-10(2)16-8-11(17)9-18-14-5-3-4-13-12(14)6-7-15-13/h2-10,16,21H,11-12H2,1H3;3-7,10-11,15-17H,8-9H2,1-2H3/t16-;/m1./s1. The number of nitrogens with one attached hydrogen (secondary N) is 3. The van der Waals surface area contributed by atoms with Crippen molar-refractivity contribution in [1.29, 1.82) is 0 Å². The van der Waals surface area contributed by atoms with E-state index in [9.17, 15) is 18.3 Å². The molecule has 4 aromatic rings. The first kappa shape index (κ1) is 31.0. The number of benzene rings is 3. The van der Waals surface area contributed by atoms with E-state index >= 15 is 0 Å². The predicted molar refractivity (Wildman–Crippen MR) is 153 cm³/mol. The second-order valence-corrected chi connectivity index (χ2v) is 9.65. The summed E-state index contributed by atoms with van der Waals surface area (Å²) >= 11 is 0. The molecule has 0 bridgehead atoms. The predicted octanol–water partition coefficient (Wildman–Crippen LogP) is 6.34. The van der Waals surface area contributed by atoms with Crippen LogP contribution in [0.4, 0.5) is 13.2 Å². The van der Waals surface area contributed by atoms with Gasteiger partial charge in [0.25, 0.3) is 0 Å². The lowest BCUT2D eigenvalue weighted by Gasteiger charge is -2.20. The minimum absolute atomic E-state index is 0.203. The fourth-order valence-electron chi connectivity index (χ4n) is 3.92. The number of hydrogen-bond acceptors (Lipinski definition) is 5. The molecule has 0 aliphatic carbocycles. The summed E-state index contributed by atoms with van der Waals surface area (Å²) in [6.07, 6.45) is -2.42. The molecule has 1 unspecified atom stereocenters. The summed E-state index contributed by atoms with van der Waals surface area (Å²) in [7, 11) is 1.85. The molecule has 1 aromatic heterocycles. The number of ether oxygens (including phenoxy) is 2. The van der Waals surface area contributed by atoms with Gasteiger partial charge in [-0.05, 0) is 61.6 Å². The Labute approximate surface area is 233 Å². The highest BCUT2D eigenvalue weighted by molar-refractivity contribution is 5.85. The maximum atomic E-state index is 12.6. The lowest BCUT2D eigenvalue weighted by molar-refractivity contribution is -0.137. The number of aromatic amines is 1. The molecule has 0 saturated carbocycles. The van der Waals surface area contributed by atoms with Gasteiger partial charge < -0.3 is 30.2 Å². The van der Waals surface area contributed by atoms with E-state index in [2.05, 4.69) is 15.6 Å². The Morgan fingerprint density at radius 2 is 1.65 bits per heavy atom. The van der Waals surface area contributed by atoms with Crippen LogP contribution >= 0.6 is 0 Å². The Morgan fingerprint density at radius 3 is 2.30 bits per heavy atom. The molecule has 0 amide bonds. The third-order valence-electron chi connectivity index (χ3n) is 6.04. The molecule has 9 heteroatoms. The molecule has 216 valence electrons. The van der Waals surface area contributed by atoms with Gasteiger partial charge in [0.15, 0.2) is 0 Å². The fourth-order valence-corrected chi connectivity index (χ4v) is 3.92. The van der Waals surface area contributed by atoms with Crippen LogP contribution in [0, 0.1) is 0 Å². The van der Waals surface area contributed by atoms with E-state index < -0.39 is 17.8 Å². The number of rotatable bonds is 12. The number of aromatic nitrogens is 1. The molecule has 4 N–H and O–H groups in total. The van der Waals surface area contributed by atoms with E-state index in [1.165, 1.54) is 12.1 Å². The van der Waals surface area contributed by atoms with Gasteiger partial charge in [0, 0.05) is 36.1 Å². The summed E-state index contributed by atoms with van der Waals surface area (Å²) < 4.78 is 49.2. The molecular weight excluding hydrogens is 519 g/mol. The second kappa shape index (κ2) is 15.3. The minimum atomic E-state index is -4.33. The topological polar surface area (TPSA) is 78.5 Å². The van der Waals surface area contributed by atoms with E-state index in [1.54, 1.807) is 0 Å². The van der Waals surface area contributed by atoms with Crippen molar-refractivity contribution >= 4 is 10.9 Å². The zero-order chi connectivity index (χ0) is 29.0. The first-order chi connectivity index (χ1) is 19.2. The van der Waals surface area contributed by atoms with E-state index in [4.69, 9.17) is 9.47 Å². The highest BCUT2D eigenvalue weighted by Crippen LogP contribution is 2.32. The summed E-state index contributed by atoms with van der Waals surface area (Å²) in [4.78, 5) is 3.13. The number of aliphatic hydroxyl groups excluding tert-OH is 1. The van der Waals surface area contributed by atoms with Crippen molar-refractivity contribution in [2.75, 3.05) is 26.7 Å². The maximum absolute atomic E-state index is 12.6. The molecule has 3 aromatic carbocycles. The van der Waals surface area contributed by atoms with Crippen LogP contribution in [0.5, 0.6) is 11.5 Å². The third kappa shape index (κ3) is 9.89. The first-order valence-electron chi connectivity index (χ1n) is 13.3.